The van der Waals surface area contributed by atoms with E-state index in [0.29, 0.717) is 28.4 Å². The second-order valence-corrected chi connectivity index (χ2v) is 7.03. The molecule has 0 N–H and O–H groups in total. The van der Waals surface area contributed by atoms with E-state index in [-0.39, 0.29) is 17.5 Å². The van der Waals surface area contributed by atoms with Crippen LogP contribution in [0.15, 0.2) is 6.20 Å². The molecule has 8 heteroatoms. The van der Waals surface area contributed by atoms with Crippen LogP contribution in [-0.4, -0.2) is 39.7 Å². The third kappa shape index (κ3) is 1.87. The van der Waals surface area contributed by atoms with E-state index in [1.165, 1.54) is 0 Å². The highest BCUT2D eigenvalue weighted by molar-refractivity contribution is 7.91. The summed E-state index contributed by atoms with van der Waals surface area (Å²) in [7, 11) is -2.95. The molecule has 0 saturated carbocycles. The molecule has 1 fully saturated rings. The first-order chi connectivity index (χ1) is 8.46. The van der Waals surface area contributed by atoms with Crippen LogP contribution in [0.3, 0.4) is 0 Å². The molecular weight excluding hydrogens is 276 g/mol. The molecule has 1 aliphatic heterocycles. The molecule has 0 aliphatic carbocycles. The summed E-state index contributed by atoms with van der Waals surface area (Å²) in [6.07, 6.45) is 2.15. The SMILES string of the molecule is Cc1nc(Cl)c2cnn(C3CCS(=O)(=O)C3)c2n1. The summed E-state index contributed by atoms with van der Waals surface area (Å²) in [4.78, 5) is 8.35. The van der Waals surface area contributed by atoms with Crippen LogP contribution < -0.4 is 0 Å². The Morgan fingerprint density at radius 3 is 2.89 bits per heavy atom. The molecule has 2 aromatic rings. The fraction of sp³-hybridized carbons (Fsp3) is 0.500. The standard InChI is InChI=1S/C10H11ClN4O2S/c1-6-13-9(11)8-4-12-15(10(8)14-6)7-2-3-18(16,17)5-7/h4,7H,2-3,5H2,1H3. The van der Waals surface area contributed by atoms with Crippen molar-refractivity contribution < 1.29 is 8.42 Å². The smallest absolute Gasteiger partial charge is 0.163 e. The number of sulfone groups is 1. The van der Waals surface area contributed by atoms with Crippen LogP contribution in [0.2, 0.25) is 5.15 Å². The summed E-state index contributed by atoms with van der Waals surface area (Å²) in [6, 6.07) is -0.155. The van der Waals surface area contributed by atoms with Crippen LogP contribution in [0.25, 0.3) is 11.0 Å². The number of fused-ring (bicyclic) bond motifs is 1. The first-order valence-corrected chi connectivity index (χ1v) is 7.74. The molecule has 1 aliphatic rings. The number of hydrogen-bond donors (Lipinski definition) is 0. The number of rotatable bonds is 1. The molecule has 0 spiro atoms. The fourth-order valence-corrected chi connectivity index (χ4v) is 4.18. The predicted octanol–water partition coefficient (Wildman–Crippen LogP) is 1.15. The Morgan fingerprint density at radius 2 is 2.22 bits per heavy atom. The van der Waals surface area contributed by atoms with E-state index in [0.717, 1.165) is 0 Å². The van der Waals surface area contributed by atoms with E-state index < -0.39 is 9.84 Å². The number of aryl methyl sites for hydroxylation is 1. The minimum atomic E-state index is -2.95. The molecule has 2 aromatic heterocycles. The van der Waals surface area contributed by atoms with Gasteiger partial charge in [0.25, 0.3) is 0 Å². The van der Waals surface area contributed by atoms with Gasteiger partial charge in [0.2, 0.25) is 0 Å². The summed E-state index contributed by atoms with van der Waals surface area (Å²) in [5.74, 6) is 0.872. The van der Waals surface area contributed by atoms with Crippen molar-refractivity contribution in [3.63, 3.8) is 0 Å². The van der Waals surface area contributed by atoms with Gasteiger partial charge < -0.3 is 0 Å². The highest BCUT2D eigenvalue weighted by atomic mass is 35.5. The Balaban J connectivity index is 2.14. The van der Waals surface area contributed by atoms with Crippen molar-refractivity contribution in [2.75, 3.05) is 11.5 Å². The van der Waals surface area contributed by atoms with Gasteiger partial charge in [-0.15, -0.1) is 0 Å². The summed E-state index contributed by atoms with van der Waals surface area (Å²) in [6.45, 7) is 1.74. The van der Waals surface area contributed by atoms with E-state index in [1.807, 2.05) is 0 Å². The van der Waals surface area contributed by atoms with Crippen molar-refractivity contribution in [1.29, 1.82) is 0 Å². The van der Waals surface area contributed by atoms with Gasteiger partial charge in [-0.3, -0.25) is 0 Å². The van der Waals surface area contributed by atoms with E-state index in [1.54, 1.807) is 17.8 Å². The van der Waals surface area contributed by atoms with Crippen molar-refractivity contribution in [3.05, 3.63) is 17.2 Å². The van der Waals surface area contributed by atoms with Gasteiger partial charge in [0.05, 0.1) is 29.1 Å². The van der Waals surface area contributed by atoms with Gasteiger partial charge in [-0.05, 0) is 13.3 Å². The largest absolute Gasteiger partial charge is 0.243 e. The zero-order valence-corrected chi connectivity index (χ0v) is 11.2. The summed E-state index contributed by atoms with van der Waals surface area (Å²) in [5.41, 5.74) is 0.606. The highest BCUT2D eigenvalue weighted by Gasteiger charge is 2.31. The zero-order chi connectivity index (χ0) is 12.9. The molecule has 1 unspecified atom stereocenters. The van der Waals surface area contributed by atoms with Crippen LogP contribution >= 0.6 is 11.6 Å². The van der Waals surface area contributed by atoms with Crippen molar-refractivity contribution in [2.45, 2.75) is 19.4 Å². The average Bonchev–Trinajstić information content (AvgIpc) is 2.81. The van der Waals surface area contributed by atoms with Gasteiger partial charge >= 0.3 is 0 Å². The molecule has 0 radical (unpaired) electrons. The van der Waals surface area contributed by atoms with Crippen LogP contribution in [0.1, 0.15) is 18.3 Å². The van der Waals surface area contributed by atoms with E-state index in [9.17, 15) is 8.42 Å². The van der Waals surface area contributed by atoms with Crippen molar-refractivity contribution in [3.8, 4) is 0 Å². The molecule has 18 heavy (non-hydrogen) atoms. The minimum Gasteiger partial charge on any atom is -0.243 e. The number of hydrogen-bond acceptors (Lipinski definition) is 5. The van der Waals surface area contributed by atoms with E-state index in [2.05, 4.69) is 15.1 Å². The number of halogens is 1. The Morgan fingerprint density at radius 1 is 1.44 bits per heavy atom. The molecule has 6 nitrogen and oxygen atoms in total. The molecular formula is C10H11ClN4O2S. The summed E-state index contributed by atoms with van der Waals surface area (Å²) < 4.78 is 24.7. The lowest BCUT2D eigenvalue weighted by Crippen LogP contribution is -2.13. The van der Waals surface area contributed by atoms with Crippen molar-refractivity contribution in [1.82, 2.24) is 19.7 Å². The van der Waals surface area contributed by atoms with Gasteiger partial charge in [-0.25, -0.2) is 23.1 Å². The maximum absolute atomic E-state index is 11.5. The Kier molecular flexibility index (Phi) is 2.56. The monoisotopic (exact) mass is 286 g/mol. The maximum Gasteiger partial charge on any atom is 0.163 e. The molecule has 0 aromatic carbocycles. The number of aromatic nitrogens is 4. The normalized spacial score (nSPS) is 22.7. The van der Waals surface area contributed by atoms with Crippen LogP contribution in [0.4, 0.5) is 0 Å². The van der Waals surface area contributed by atoms with Gasteiger partial charge in [0.1, 0.15) is 11.0 Å². The molecule has 0 bridgehead atoms. The lowest BCUT2D eigenvalue weighted by molar-refractivity contribution is 0.511. The topological polar surface area (TPSA) is 77.7 Å². The number of nitrogens with zero attached hydrogens (tertiary/aromatic N) is 4. The predicted molar refractivity (Wildman–Crippen MR) is 67.4 cm³/mol. The maximum atomic E-state index is 11.5. The average molecular weight is 287 g/mol. The third-order valence-electron chi connectivity index (χ3n) is 3.07. The Bertz CT molecular complexity index is 725. The molecule has 3 heterocycles. The lowest BCUT2D eigenvalue weighted by Gasteiger charge is -2.09. The second-order valence-electron chi connectivity index (χ2n) is 4.44. The zero-order valence-electron chi connectivity index (χ0n) is 9.67. The first-order valence-electron chi connectivity index (χ1n) is 5.54. The molecule has 96 valence electrons. The molecule has 0 amide bonds. The van der Waals surface area contributed by atoms with E-state index >= 15 is 0 Å². The molecule has 1 atom stereocenters. The second kappa shape index (κ2) is 3.89. The first kappa shape index (κ1) is 11.9. The molecule has 1 saturated heterocycles. The Labute approximate surface area is 109 Å². The molecule has 3 rings (SSSR count). The van der Waals surface area contributed by atoms with Crippen LogP contribution in [0.5, 0.6) is 0 Å². The van der Waals surface area contributed by atoms with Gasteiger partial charge in [0, 0.05) is 0 Å². The van der Waals surface area contributed by atoms with E-state index in [4.69, 9.17) is 11.6 Å². The van der Waals surface area contributed by atoms with Gasteiger partial charge in [-0.2, -0.15) is 5.10 Å². The lowest BCUT2D eigenvalue weighted by atomic mass is 10.3. The van der Waals surface area contributed by atoms with Gasteiger partial charge in [-0.1, -0.05) is 11.6 Å². The summed E-state index contributed by atoms with van der Waals surface area (Å²) >= 11 is 6.02. The third-order valence-corrected chi connectivity index (χ3v) is 5.11. The minimum absolute atomic E-state index is 0.116. The van der Waals surface area contributed by atoms with Gasteiger partial charge in [0.15, 0.2) is 15.5 Å². The highest BCUT2D eigenvalue weighted by Crippen LogP contribution is 2.28. The van der Waals surface area contributed by atoms with Crippen LogP contribution in [0, 0.1) is 6.92 Å². The Hall–Kier alpha value is -1.21. The quantitative estimate of drug-likeness (QED) is 0.735. The summed E-state index contributed by atoms with van der Waals surface area (Å²) in [5, 5.41) is 5.22. The van der Waals surface area contributed by atoms with Crippen LogP contribution in [-0.2, 0) is 9.84 Å². The fourth-order valence-electron chi connectivity index (χ4n) is 2.23. The van der Waals surface area contributed by atoms with Crippen molar-refractivity contribution >= 4 is 32.5 Å². The van der Waals surface area contributed by atoms with Crippen molar-refractivity contribution in [2.24, 2.45) is 0 Å².